The highest BCUT2D eigenvalue weighted by Crippen LogP contribution is 2.29. The molecular formula is C17H17F3N2O2. The standard InChI is InChI=1S/C17H17F3N2O2/c1-10(2)12-5-3-11(4-6-12)9-22-14(17(18,19)20)8-7-13(15(21)23)16(22)24/h3-8,10H,9H2,1-2H3,(H2,21,23). The molecule has 7 heteroatoms. The lowest BCUT2D eigenvalue weighted by Gasteiger charge is -2.16. The van der Waals surface area contributed by atoms with Crippen LogP contribution < -0.4 is 11.3 Å². The molecule has 0 unspecified atom stereocenters. The lowest BCUT2D eigenvalue weighted by molar-refractivity contribution is -0.144. The topological polar surface area (TPSA) is 65.1 Å². The highest BCUT2D eigenvalue weighted by Gasteiger charge is 2.35. The summed E-state index contributed by atoms with van der Waals surface area (Å²) in [6.45, 7) is 3.70. The van der Waals surface area contributed by atoms with Crippen LogP contribution in [0.4, 0.5) is 13.2 Å². The largest absolute Gasteiger partial charge is 0.431 e. The van der Waals surface area contributed by atoms with Crippen molar-refractivity contribution in [3.8, 4) is 0 Å². The Balaban J connectivity index is 2.52. The molecule has 128 valence electrons. The Kier molecular flexibility index (Phi) is 4.82. The molecule has 0 radical (unpaired) electrons. The van der Waals surface area contributed by atoms with Crippen molar-refractivity contribution < 1.29 is 18.0 Å². The smallest absolute Gasteiger partial charge is 0.365 e. The molecule has 0 atom stereocenters. The Morgan fingerprint density at radius 3 is 2.17 bits per heavy atom. The first-order chi connectivity index (χ1) is 11.1. The van der Waals surface area contributed by atoms with E-state index in [1.54, 1.807) is 24.3 Å². The van der Waals surface area contributed by atoms with E-state index in [9.17, 15) is 22.8 Å². The number of carbonyl (C=O) groups excluding carboxylic acids is 1. The highest BCUT2D eigenvalue weighted by molar-refractivity contribution is 5.92. The van der Waals surface area contributed by atoms with Gasteiger partial charge in [0.15, 0.2) is 0 Å². The van der Waals surface area contributed by atoms with Crippen molar-refractivity contribution in [3.05, 3.63) is 69.1 Å². The number of nitrogens with zero attached hydrogens (tertiary/aromatic N) is 1. The first-order valence-electron chi connectivity index (χ1n) is 7.31. The minimum atomic E-state index is -4.72. The molecule has 1 amide bonds. The Morgan fingerprint density at radius 2 is 1.71 bits per heavy atom. The Hall–Kier alpha value is -2.57. The van der Waals surface area contributed by atoms with Crippen molar-refractivity contribution in [2.24, 2.45) is 5.73 Å². The van der Waals surface area contributed by atoms with Crippen LogP contribution in [-0.2, 0) is 12.7 Å². The lowest BCUT2D eigenvalue weighted by Crippen LogP contribution is -2.34. The molecule has 0 aliphatic rings. The number of aromatic nitrogens is 1. The average molecular weight is 338 g/mol. The van der Waals surface area contributed by atoms with E-state index in [0.29, 0.717) is 16.2 Å². The van der Waals surface area contributed by atoms with E-state index in [1.165, 1.54) is 0 Å². The minimum Gasteiger partial charge on any atom is -0.365 e. The summed E-state index contributed by atoms with van der Waals surface area (Å²) in [6, 6.07) is 8.44. The van der Waals surface area contributed by atoms with Crippen molar-refractivity contribution in [3.63, 3.8) is 0 Å². The van der Waals surface area contributed by atoms with Gasteiger partial charge in [0.1, 0.15) is 11.3 Å². The molecule has 2 rings (SSSR count). The fraction of sp³-hybridized carbons (Fsp3) is 0.294. The summed E-state index contributed by atoms with van der Waals surface area (Å²) in [5, 5.41) is 0. The van der Waals surface area contributed by atoms with Gasteiger partial charge in [-0.1, -0.05) is 38.1 Å². The fourth-order valence-electron chi connectivity index (χ4n) is 2.36. The van der Waals surface area contributed by atoms with Crippen molar-refractivity contribution in [1.82, 2.24) is 4.57 Å². The molecule has 24 heavy (non-hydrogen) atoms. The van der Waals surface area contributed by atoms with Gasteiger partial charge < -0.3 is 5.73 Å². The molecule has 1 heterocycles. The fourth-order valence-corrected chi connectivity index (χ4v) is 2.36. The van der Waals surface area contributed by atoms with Gasteiger partial charge in [0.25, 0.3) is 11.5 Å². The Morgan fingerprint density at radius 1 is 1.12 bits per heavy atom. The van der Waals surface area contributed by atoms with Crippen molar-refractivity contribution in [1.29, 1.82) is 0 Å². The Labute approximate surface area is 136 Å². The number of benzene rings is 1. The van der Waals surface area contributed by atoms with Gasteiger partial charge in [-0.3, -0.25) is 14.2 Å². The number of nitrogens with two attached hydrogens (primary N) is 1. The maximum absolute atomic E-state index is 13.2. The summed E-state index contributed by atoms with van der Waals surface area (Å²) in [6.07, 6.45) is -4.72. The lowest BCUT2D eigenvalue weighted by atomic mass is 10.0. The van der Waals surface area contributed by atoms with Gasteiger partial charge in [-0.15, -0.1) is 0 Å². The third-order valence-corrected chi connectivity index (χ3v) is 3.72. The molecule has 0 saturated heterocycles. The summed E-state index contributed by atoms with van der Waals surface area (Å²) in [7, 11) is 0. The molecule has 0 fully saturated rings. The van der Waals surface area contributed by atoms with E-state index < -0.39 is 28.9 Å². The van der Waals surface area contributed by atoms with Gasteiger partial charge in [0.05, 0.1) is 6.54 Å². The van der Waals surface area contributed by atoms with E-state index in [0.717, 1.165) is 11.6 Å². The zero-order valence-electron chi connectivity index (χ0n) is 13.2. The molecule has 1 aromatic carbocycles. The number of pyridine rings is 1. The van der Waals surface area contributed by atoms with Crippen LogP contribution in [-0.4, -0.2) is 10.5 Å². The number of halogens is 3. The molecule has 0 aliphatic carbocycles. The minimum absolute atomic E-state index is 0.283. The third kappa shape index (κ3) is 3.67. The first kappa shape index (κ1) is 17.8. The van der Waals surface area contributed by atoms with Crippen LogP contribution in [0.1, 0.15) is 46.9 Å². The molecule has 2 aromatic rings. The maximum Gasteiger partial charge on any atom is 0.431 e. The predicted molar refractivity (Wildman–Crippen MR) is 83.9 cm³/mol. The predicted octanol–water partition coefficient (Wildman–Crippen LogP) is 3.14. The van der Waals surface area contributed by atoms with E-state index in [-0.39, 0.29) is 12.5 Å². The molecule has 0 saturated carbocycles. The average Bonchev–Trinajstić information content (AvgIpc) is 2.48. The second-order valence-corrected chi connectivity index (χ2v) is 5.78. The number of hydrogen-bond donors (Lipinski definition) is 1. The molecule has 2 N–H and O–H groups in total. The van der Waals surface area contributed by atoms with Crippen LogP contribution in [0.2, 0.25) is 0 Å². The van der Waals surface area contributed by atoms with E-state index >= 15 is 0 Å². The van der Waals surface area contributed by atoms with Crippen molar-refractivity contribution in [2.75, 3.05) is 0 Å². The monoisotopic (exact) mass is 338 g/mol. The second-order valence-electron chi connectivity index (χ2n) is 5.78. The Bertz CT molecular complexity index is 806. The SMILES string of the molecule is CC(C)c1ccc(Cn2c(C(F)(F)F)ccc(C(N)=O)c2=O)cc1. The third-order valence-electron chi connectivity index (χ3n) is 3.72. The normalized spacial score (nSPS) is 11.8. The van der Waals surface area contributed by atoms with Crippen LogP contribution in [0.5, 0.6) is 0 Å². The van der Waals surface area contributed by atoms with Gasteiger partial charge in [0.2, 0.25) is 0 Å². The second kappa shape index (κ2) is 6.51. The summed E-state index contributed by atoms with van der Waals surface area (Å²) in [5.41, 5.74) is 3.97. The van der Waals surface area contributed by atoms with E-state index in [2.05, 4.69) is 0 Å². The van der Waals surface area contributed by atoms with Crippen molar-refractivity contribution >= 4 is 5.91 Å². The van der Waals surface area contributed by atoms with Gasteiger partial charge in [-0.2, -0.15) is 13.2 Å². The summed E-state index contributed by atoms with van der Waals surface area (Å²) < 4.78 is 40.0. The highest BCUT2D eigenvalue weighted by atomic mass is 19.4. The van der Waals surface area contributed by atoms with Crippen LogP contribution >= 0.6 is 0 Å². The molecule has 1 aromatic heterocycles. The quantitative estimate of drug-likeness (QED) is 0.931. The molecular weight excluding hydrogens is 321 g/mol. The van der Waals surface area contributed by atoms with Gasteiger partial charge in [0, 0.05) is 0 Å². The van der Waals surface area contributed by atoms with Crippen LogP contribution in [0, 0.1) is 0 Å². The van der Waals surface area contributed by atoms with Gasteiger partial charge in [-0.25, -0.2) is 0 Å². The molecule has 0 spiro atoms. The van der Waals surface area contributed by atoms with Crippen molar-refractivity contribution in [2.45, 2.75) is 32.5 Å². The molecule has 0 bridgehead atoms. The van der Waals surface area contributed by atoms with Gasteiger partial charge >= 0.3 is 6.18 Å². The summed E-state index contributed by atoms with van der Waals surface area (Å²) >= 11 is 0. The molecule has 4 nitrogen and oxygen atoms in total. The number of carbonyl (C=O) groups is 1. The summed E-state index contributed by atoms with van der Waals surface area (Å²) in [4.78, 5) is 23.5. The van der Waals surface area contributed by atoms with Crippen LogP contribution in [0.15, 0.2) is 41.2 Å². The first-order valence-corrected chi connectivity index (χ1v) is 7.31. The van der Waals surface area contributed by atoms with Gasteiger partial charge in [-0.05, 0) is 29.2 Å². The maximum atomic E-state index is 13.2. The molecule has 0 aliphatic heterocycles. The number of rotatable bonds is 4. The zero-order chi connectivity index (χ0) is 18.1. The zero-order valence-corrected chi connectivity index (χ0v) is 13.2. The van der Waals surface area contributed by atoms with E-state index in [1.807, 2.05) is 13.8 Å². The number of hydrogen-bond acceptors (Lipinski definition) is 2. The summed E-state index contributed by atoms with van der Waals surface area (Å²) in [5.74, 6) is -0.775. The number of primary amides is 1. The van der Waals surface area contributed by atoms with E-state index in [4.69, 9.17) is 5.73 Å². The van der Waals surface area contributed by atoms with Crippen LogP contribution in [0.25, 0.3) is 0 Å². The number of alkyl halides is 3. The van der Waals surface area contributed by atoms with Crippen LogP contribution in [0.3, 0.4) is 0 Å². The number of amides is 1.